The maximum atomic E-state index is 8.93. The van der Waals surface area contributed by atoms with Crippen LogP contribution in [-0.4, -0.2) is 14.5 Å². The third-order valence-electron chi connectivity index (χ3n) is 2.70. The first-order valence-electron chi connectivity index (χ1n) is 5.31. The van der Waals surface area contributed by atoms with Gasteiger partial charge in [0.25, 0.3) is 0 Å². The Balaban J connectivity index is 2.15. The van der Waals surface area contributed by atoms with Crippen molar-refractivity contribution >= 4 is 28.3 Å². The molecule has 0 saturated heterocycles. The van der Waals surface area contributed by atoms with E-state index in [0.29, 0.717) is 18.1 Å². The fourth-order valence-electron chi connectivity index (χ4n) is 1.85. The summed E-state index contributed by atoms with van der Waals surface area (Å²) in [6.45, 7) is 0.627. The van der Waals surface area contributed by atoms with Gasteiger partial charge in [0.2, 0.25) is 5.95 Å². The van der Waals surface area contributed by atoms with Crippen LogP contribution in [0.3, 0.4) is 0 Å². The van der Waals surface area contributed by atoms with Gasteiger partial charge in [0.1, 0.15) is 0 Å². The zero-order valence-electron chi connectivity index (χ0n) is 9.37. The summed E-state index contributed by atoms with van der Waals surface area (Å²) >= 11 is 1.57. The molecule has 0 fully saturated rings. The van der Waals surface area contributed by atoms with Crippen molar-refractivity contribution in [2.45, 2.75) is 6.54 Å². The summed E-state index contributed by atoms with van der Waals surface area (Å²) in [5.74, 6) is 0.452. The average molecular weight is 255 g/mol. The van der Waals surface area contributed by atoms with E-state index in [1.165, 1.54) is 0 Å². The van der Waals surface area contributed by atoms with Crippen LogP contribution in [0.25, 0.3) is 11.0 Å². The number of nitriles is 1. The molecule has 0 amide bonds. The van der Waals surface area contributed by atoms with Crippen LogP contribution in [0.1, 0.15) is 10.4 Å². The SMILES string of the molecule is N#Cc1ccc2nc(N)n(Cc3cncs3)c2c1. The largest absolute Gasteiger partial charge is 0.369 e. The molecule has 88 valence electrons. The standard InChI is InChI=1S/C12H9N5S/c13-4-8-1-2-10-11(3-8)17(12(14)16-10)6-9-5-15-7-18-9/h1-3,5,7H,6H2,(H2,14,16). The number of anilines is 1. The summed E-state index contributed by atoms with van der Waals surface area (Å²) in [5, 5.41) is 8.93. The molecule has 0 saturated carbocycles. The predicted octanol–water partition coefficient (Wildman–Crippen LogP) is 1.99. The molecular formula is C12H9N5S. The zero-order chi connectivity index (χ0) is 12.5. The number of nitrogen functional groups attached to an aromatic ring is 1. The highest BCUT2D eigenvalue weighted by molar-refractivity contribution is 7.09. The maximum Gasteiger partial charge on any atom is 0.201 e. The molecule has 0 bridgehead atoms. The number of hydrogen-bond donors (Lipinski definition) is 1. The van der Waals surface area contributed by atoms with Crippen LogP contribution in [0.4, 0.5) is 5.95 Å². The number of fused-ring (bicyclic) bond motifs is 1. The van der Waals surface area contributed by atoms with E-state index in [2.05, 4.69) is 16.0 Å². The van der Waals surface area contributed by atoms with Crippen molar-refractivity contribution in [3.63, 3.8) is 0 Å². The third kappa shape index (κ3) is 1.71. The van der Waals surface area contributed by atoms with Crippen molar-refractivity contribution in [1.82, 2.24) is 14.5 Å². The molecule has 18 heavy (non-hydrogen) atoms. The van der Waals surface area contributed by atoms with Crippen LogP contribution < -0.4 is 5.73 Å². The summed E-state index contributed by atoms with van der Waals surface area (Å²) in [4.78, 5) is 9.42. The highest BCUT2D eigenvalue weighted by atomic mass is 32.1. The highest BCUT2D eigenvalue weighted by Crippen LogP contribution is 2.21. The Morgan fingerprint density at radius 2 is 2.33 bits per heavy atom. The quantitative estimate of drug-likeness (QED) is 0.759. The number of nitrogens with zero attached hydrogens (tertiary/aromatic N) is 4. The summed E-state index contributed by atoms with van der Waals surface area (Å²) in [7, 11) is 0. The Morgan fingerprint density at radius 1 is 1.44 bits per heavy atom. The van der Waals surface area contributed by atoms with E-state index in [0.717, 1.165) is 15.9 Å². The van der Waals surface area contributed by atoms with Crippen molar-refractivity contribution < 1.29 is 0 Å². The maximum absolute atomic E-state index is 8.93. The molecule has 1 aromatic carbocycles. The molecule has 6 heteroatoms. The summed E-state index contributed by atoms with van der Waals surface area (Å²) < 4.78 is 1.89. The van der Waals surface area contributed by atoms with Crippen molar-refractivity contribution in [1.29, 1.82) is 5.26 Å². The zero-order valence-corrected chi connectivity index (χ0v) is 10.2. The number of imidazole rings is 1. The van der Waals surface area contributed by atoms with Gasteiger partial charge in [-0.3, -0.25) is 4.98 Å². The minimum atomic E-state index is 0.452. The van der Waals surface area contributed by atoms with E-state index in [4.69, 9.17) is 11.0 Å². The lowest BCUT2D eigenvalue weighted by atomic mass is 10.2. The Kier molecular flexibility index (Phi) is 2.46. The smallest absolute Gasteiger partial charge is 0.201 e. The molecule has 2 aromatic heterocycles. The Hall–Kier alpha value is -2.39. The van der Waals surface area contributed by atoms with Crippen LogP contribution in [0, 0.1) is 11.3 Å². The van der Waals surface area contributed by atoms with Gasteiger partial charge in [-0.15, -0.1) is 11.3 Å². The molecule has 0 aliphatic carbocycles. The summed E-state index contributed by atoms with van der Waals surface area (Å²) in [6, 6.07) is 7.48. The third-order valence-corrected chi connectivity index (χ3v) is 3.47. The van der Waals surface area contributed by atoms with Crippen molar-refractivity contribution in [3.8, 4) is 6.07 Å². The average Bonchev–Trinajstić information content (AvgIpc) is 2.99. The lowest BCUT2D eigenvalue weighted by Gasteiger charge is -2.03. The molecule has 3 rings (SSSR count). The molecule has 5 nitrogen and oxygen atoms in total. The first kappa shape index (κ1) is 10.7. The van der Waals surface area contributed by atoms with Crippen LogP contribution in [-0.2, 0) is 6.54 Å². The van der Waals surface area contributed by atoms with Crippen LogP contribution >= 0.6 is 11.3 Å². The van der Waals surface area contributed by atoms with Gasteiger partial charge in [-0.1, -0.05) is 0 Å². The van der Waals surface area contributed by atoms with Gasteiger partial charge in [0.05, 0.1) is 34.7 Å². The number of hydrogen-bond acceptors (Lipinski definition) is 5. The lowest BCUT2D eigenvalue weighted by molar-refractivity contribution is 0.850. The van der Waals surface area contributed by atoms with Crippen molar-refractivity contribution in [2.24, 2.45) is 0 Å². The topological polar surface area (TPSA) is 80.5 Å². The van der Waals surface area contributed by atoms with E-state index in [1.54, 1.807) is 29.0 Å². The number of rotatable bonds is 2. The van der Waals surface area contributed by atoms with E-state index >= 15 is 0 Å². The van der Waals surface area contributed by atoms with E-state index < -0.39 is 0 Å². The molecule has 3 aromatic rings. The van der Waals surface area contributed by atoms with E-state index in [9.17, 15) is 0 Å². The Morgan fingerprint density at radius 3 is 3.06 bits per heavy atom. The molecule has 0 aliphatic heterocycles. The van der Waals surface area contributed by atoms with Crippen molar-refractivity contribution in [3.05, 3.63) is 40.3 Å². The first-order chi connectivity index (χ1) is 8.78. The monoisotopic (exact) mass is 255 g/mol. The molecule has 0 atom stereocenters. The van der Waals surface area contributed by atoms with E-state index in [-0.39, 0.29) is 0 Å². The van der Waals surface area contributed by atoms with Gasteiger partial charge >= 0.3 is 0 Å². The fourth-order valence-corrected chi connectivity index (χ4v) is 2.44. The molecular weight excluding hydrogens is 246 g/mol. The molecule has 0 unspecified atom stereocenters. The first-order valence-corrected chi connectivity index (χ1v) is 6.19. The number of thiazole rings is 1. The van der Waals surface area contributed by atoms with E-state index in [1.807, 2.05) is 16.8 Å². The van der Waals surface area contributed by atoms with Gasteiger partial charge in [-0.25, -0.2) is 4.98 Å². The second kappa shape index (κ2) is 4.13. The Bertz CT molecular complexity index is 736. The van der Waals surface area contributed by atoms with Gasteiger partial charge in [0, 0.05) is 11.1 Å². The minimum absolute atomic E-state index is 0.452. The summed E-state index contributed by atoms with van der Waals surface area (Å²) in [5.41, 5.74) is 9.98. The van der Waals surface area contributed by atoms with Crippen LogP contribution in [0.2, 0.25) is 0 Å². The number of nitrogens with two attached hydrogens (primary N) is 1. The van der Waals surface area contributed by atoms with Crippen molar-refractivity contribution in [2.75, 3.05) is 5.73 Å². The fraction of sp³-hybridized carbons (Fsp3) is 0.0833. The van der Waals surface area contributed by atoms with Gasteiger partial charge < -0.3 is 10.3 Å². The van der Waals surface area contributed by atoms with Crippen LogP contribution in [0.5, 0.6) is 0 Å². The second-order valence-corrected chi connectivity index (χ2v) is 4.81. The van der Waals surface area contributed by atoms with Crippen LogP contribution in [0.15, 0.2) is 29.9 Å². The van der Waals surface area contributed by atoms with Gasteiger partial charge in [0.15, 0.2) is 0 Å². The number of benzene rings is 1. The lowest BCUT2D eigenvalue weighted by Crippen LogP contribution is -2.03. The van der Waals surface area contributed by atoms with Gasteiger partial charge in [-0.05, 0) is 18.2 Å². The van der Waals surface area contributed by atoms with Gasteiger partial charge in [-0.2, -0.15) is 5.26 Å². The number of aromatic nitrogens is 3. The predicted molar refractivity (Wildman–Crippen MR) is 70.1 cm³/mol. The minimum Gasteiger partial charge on any atom is -0.369 e. The highest BCUT2D eigenvalue weighted by Gasteiger charge is 2.09. The molecule has 0 radical (unpaired) electrons. The molecule has 2 heterocycles. The molecule has 2 N–H and O–H groups in total. The normalized spacial score (nSPS) is 10.6. The second-order valence-electron chi connectivity index (χ2n) is 3.84. The molecule has 0 spiro atoms. The summed E-state index contributed by atoms with van der Waals surface area (Å²) in [6.07, 6.45) is 1.81. The molecule has 0 aliphatic rings. The Labute approximate surface area is 107 Å².